The number of rotatable bonds is 5. The summed E-state index contributed by atoms with van der Waals surface area (Å²) in [5.41, 5.74) is 1.84. The molecule has 0 saturated carbocycles. The van der Waals surface area contributed by atoms with Crippen LogP contribution >= 0.6 is 11.6 Å². The molecule has 1 aliphatic rings. The zero-order valence-electron chi connectivity index (χ0n) is 10.9. The van der Waals surface area contributed by atoms with E-state index in [1.807, 2.05) is 24.3 Å². The smallest absolute Gasteiger partial charge is 0.105 e. The molecule has 2 atom stereocenters. The third-order valence-corrected chi connectivity index (χ3v) is 3.68. The molecule has 2 rings (SSSR count). The molecule has 0 amide bonds. The Labute approximate surface area is 119 Å². The first-order chi connectivity index (χ1) is 9.22. The van der Waals surface area contributed by atoms with Gasteiger partial charge in [-0.3, -0.25) is 0 Å². The molecule has 0 spiro atoms. The Morgan fingerprint density at radius 2 is 2.00 bits per heavy atom. The summed E-state index contributed by atoms with van der Waals surface area (Å²) in [5.74, 6) is 0.343. The molecule has 1 aromatic rings. The van der Waals surface area contributed by atoms with Gasteiger partial charge in [-0.1, -0.05) is 12.1 Å². The van der Waals surface area contributed by atoms with Crippen LogP contribution < -0.4 is 10.2 Å². The number of benzene rings is 1. The molecule has 0 bridgehead atoms. The molecule has 1 aliphatic heterocycles. The molecule has 0 aromatic heterocycles. The number of aliphatic hydroxyl groups excluding tert-OH is 2. The Morgan fingerprint density at radius 1 is 1.26 bits per heavy atom. The first kappa shape index (κ1) is 14.6. The average Bonchev–Trinajstić information content (AvgIpc) is 2.48. The van der Waals surface area contributed by atoms with Gasteiger partial charge in [0, 0.05) is 37.7 Å². The van der Waals surface area contributed by atoms with Crippen LogP contribution in [0.5, 0.6) is 0 Å². The highest BCUT2D eigenvalue weighted by Crippen LogP contribution is 2.24. The maximum absolute atomic E-state index is 10.1. The number of hydrogen-bond donors (Lipinski definition) is 3. The lowest BCUT2D eigenvalue weighted by atomic mass is 10.0. The standard InChI is InChI=1S/C14H21ClN2O2/c15-5-4-13(18)14(19)11-2-1-3-12(10-11)17-8-6-16-7-9-17/h1-3,10,13-14,16,18-19H,4-9H2. The Hall–Kier alpha value is -0.810. The first-order valence-electron chi connectivity index (χ1n) is 6.70. The summed E-state index contributed by atoms with van der Waals surface area (Å²) in [6.45, 7) is 3.87. The van der Waals surface area contributed by atoms with E-state index in [4.69, 9.17) is 11.6 Å². The van der Waals surface area contributed by atoms with Crippen molar-refractivity contribution in [3.05, 3.63) is 29.8 Å². The van der Waals surface area contributed by atoms with Gasteiger partial charge in [-0.05, 0) is 24.1 Å². The fourth-order valence-electron chi connectivity index (χ4n) is 2.32. The maximum Gasteiger partial charge on any atom is 0.105 e. The van der Waals surface area contributed by atoms with E-state index in [1.54, 1.807) is 0 Å². The second-order valence-corrected chi connectivity index (χ2v) is 5.20. The molecule has 2 unspecified atom stereocenters. The normalized spacial score (nSPS) is 19.2. The van der Waals surface area contributed by atoms with Gasteiger partial charge in [0.2, 0.25) is 0 Å². The summed E-state index contributed by atoms with van der Waals surface area (Å²) in [7, 11) is 0. The topological polar surface area (TPSA) is 55.7 Å². The maximum atomic E-state index is 10.1. The highest BCUT2D eigenvalue weighted by Gasteiger charge is 2.19. The molecular formula is C14H21ClN2O2. The molecule has 1 aromatic carbocycles. The SMILES string of the molecule is OC(CCCl)C(O)c1cccc(N2CCNCC2)c1. The van der Waals surface area contributed by atoms with Gasteiger partial charge < -0.3 is 20.4 Å². The van der Waals surface area contributed by atoms with Crippen molar-refractivity contribution in [2.24, 2.45) is 0 Å². The van der Waals surface area contributed by atoms with Crippen LogP contribution in [0.2, 0.25) is 0 Å². The summed E-state index contributed by atoms with van der Waals surface area (Å²) in [5, 5.41) is 23.2. The summed E-state index contributed by atoms with van der Waals surface area (Å²) in [4.78, 5) is 2.28. The molecule has 0 aliphatic carbocycles. The summed E-state index contributed by atoms with van der Waals surface area (Å²) in [6, 6.07) is 7.75. The van der Waals surface area contributed by atoms with Gasteiger partial charge in [0.25, 0.3) is 0 Å². The third-order valence-electron chi connectivity index (χ3n) is 3.46. The van der Waals surface area contributed by atoms with E-state index in [2.05, 4.69) is 10.2 Å². The number of aliphatic hydroxyl groups is 2. The second-order valence-electron chi connectivity index (χ2n) is 4.82. The highest BCUT2D eigenvalue weighted by atomic mass is 35.5. The van der Waals surface area contributed by atoms with Gasteiger partial charge in [-0.2, -0.15) is 0 Å². The largest absolute Gasteiger partial charge is 0.390 e. The van der Waals surface area contributed by atoms with E-state index in [0.717, 1.165) is 37.4 Å². The zero-order chi connectivity index (χ0) is 13.7. The lowest BCUT2D eigenvalue weighted by molar-refractivity contribution is 0.0170. The van der Waals surface area contributed by atoms with Crippen LogP contribution in [0.3, 0.4) is 0 Å². The lowest BCUT2D eigenvalue weighted by Crippen LogP contribution is -2.43. The number of halogens is 1. The van der Waals surface area contributed by atoms with Gasteiger partial charge in [0.1, 0.15) is 6.10 Å². The van der Waals surface area contributed by atoms with Crippen LogP contribution in [0.1, 0.15) is 18.1 Å². The van der Waals surface area contributed by atoms with Crippen molar-refractivity contribution in [3.63, 3.8) is 0 Å². The minimum absolute atomic E-state index is 0.343. The average molecular weight is 285 g/mol. The number of nitrogens with one attached hydrogen (secondary N) is 1. The van der Waals surface area contributed by atoms with Crippen LogP contribution in [0.4, 0.5) is 5.69 Å². The van der Waals surface area contributed by atoms with Crippen LogP contribution in [-0.4, -0.2) is 48.4 Å². The van der Waals surface area contributed by atoms with Crippen molar-refractivity contribution in [2.75, 3.05) is 37.0 Å². The fourth-order valence-corrected chi connectivity index (χ4v) is 2.54. The van der Waals surface area contributed by atoms with E-state index in [1.165, 1.54) is 0 Å². The van der Waals surface area contributed by atoms with Gasteiger partial charge >= 0.3 is 0 Å². The van der Waals surface area contributed by atoms with E-state index < -0.39 is 12.2 Å². The molecular weight excluding hydrogens is 264 g/mol. The van der Waals surface area contributed by atoms with Crippen LogP contribution in [0, 0.1) is 0 Å². The third kappa shape index (κ3) is 3.83. The minimum atomic E-state index is -0.874. The predicted octanol–water partition coefficient (Wildman–Crippen LogP) is 1.12. The minimum Gasteiger partial charge on any atom is -0.390 e. The van der Waals surface area contributed by atoms with Crippen LogP contribution in [0.15, 0.2) is 24.3 Å². The Balaban J connectivity index is 2.09. The van der Waals surface area contributed by atoms with Crippen molar-refractivity contribution in [3.8, 4) is 0 Å². The van der Waals surface area contributed by atoms with E-state index >= 15 is 0 Å². The Kier molecular flexibility index (Phi) is 5.45. The number of alkyl halides is 1. The number of piperazine rings is 1. The van der Waals surface area contributed by atoms with E-state index in [9.17, 15) is 10.2 Å². The summed E-state index contributed by atoms with van der Waals surface area (Å²) >= 11 is 5.59. The van der Waals surface area contributed by atoms with Crippen LogP contribution in [-0.2, 0) is 0 Å². The first-order valence-corrected chi connectivity index (χ1v) is 7.23. The molecule has 5 heteroatoms. The Bertz CT molecular complexity index is 397. The number of anilines is 1. The van der Waals surface area contributed by atoms with E-state index in [-0.39, 0.29) is 0 Å². The van der Waals surface area contributed by atoms with Crippen molar-refractivity contribution in [1.29, 1.82) is 0 Å². The van der Waals surface area contributed by atoms with Crippen molar-refractivity contribution in [1.82, 2.24) is 5.32 Å². The molecule has 1 saturated heterocycles. The molecule has 106 valence electrons. The molecule has 0 radical (unpaired) electrons. The van der Waals surface area contributed by atoms with Crippen LogP contribution in [0.25, 0.3) is 0 Å². The molecule has 3 N–H and O–H groups in total. The molecule has 19 heavy (non-hydrogen) atoms. The van der Waals surface area contributed by atoms with Gasteiger partial charge in [0.05, 0.1) is 6.10 Å². The van der Waals surface area contributed by atoms with Gasteiger partial charge in [0.15, 0.2) is 0 Å². The quantitative estimate of drug-likeness (QED) is 0.710. The predicted molar refractivity (Wildman–Crippen MR) is 77.8 cm³/mol. The molecule has 4 nitrogen and oxygen atoms in total. The molecule has 1 fully saturated rings. The second kappa shape index (κ2) is 7.10. The zero-order valence-corrected chi connectivity index (χ0v) is 11.7. The summed E-state index contributed by atoms with van der Waals surface area (Å²) in [6.07, 6.45) is -1.29. The lowest BCUT2D eigenvalue weighted by Gasteiger charge is -2.30. The van der Waals surface area contributed by atoms with Gasteiger partial charge in [-0.15, -0.1) is 11.6 Å². The van der Waals surface area contributed by atoms with Crippen molar-refractivity contribution >= 4 is 17.3 Å². The van der Waals surface area contributed by atoms with Gasteiger partial charge in [-0.25, -0.2) is 0 Å². The number of nitrogens with zero attached hydrogens (tertiary/aromatic N) is 1. The Morgan fingerprint density at radius 3 is 2.68 bits per heavy atom. The monoisotopic (exact) mass is 284 g/mol. The van der Waals surface area contributed by atoms with E-state index in [0.29, 0.717) is 12.3 Å². The number of hydrogen-bond acceptors (Lipinski definition) is 4. The van der Waals surface area contributed by atoms with Crippen molar-refractivity contribution in [2.45, 2.75) is 18.6 Å². The molecule has 1 heterocycles. The highest BCUT2D eigenvalue weighted by molar-refractivity contribution is 6.17. The van der Waals surface area contributed by atoms with Crippen molar-refractivity contribution < 1.29 is 10.2 Å². The fraction of sp³-hybridized carbons (Fsp3) is 0.571. The summed E-state index contributed by atoms with van der Waals surface area (Å²) < 4.78 is 0.